The Morgan fingerprint density at radius 2 is 1.84 bits per heavy atom. The molecule has 2 aliphatic heterocycles. The number of nitrogens with zero attached hydrogens (tertiary/aromatic N) is 1. The SMILES string of the molecule is CC1=CN(S(=O)(=O)C(F)(F)F)C=CC1c1c2cccccc-2oc1=O. The first-order valence-corrected chi connectivity index (χ1v) is 8.55. The summed E-state index contributed by atoms with van der Waals surface area (Å²) in [7, 11) is -5.52. The van der Waals surface area contributed by atoms with Gasteiger partial charge in [-0.3, -0.25) is 0 Å². The molecule has 0 saturated carbocycles. The van der Waals surface area contributed by atoms with Crippen molar-refractivity contribution in [2.75, 3.05) is 0 Å². The summed E-state index contributed by atoms with van der Waals surface area (Å²) in [5.41, 5.74) is -5.00. The van der Waals surface area contributed by atoms with Crippen molar-refractivity contribution in [1.82, 2.24) is 4.31 Å². The first-order valence-electron chi connectivity index (χ1n) is 7.11. The zero-order valence-corrected chi connectivity index (χ0v) is 13.6. The van der Waals surface area contributed by atoms with Crippen LogP contribution in [0.1, 0.15) is 18.4 Å². The summed E-state index contributed by atoms with van der Waals surface area (Å²) in [6.45, 7) is 1.45. The quantitative estimate of drug-likeness (QED) is 0.811. The molecule has 0 radical (unpaired) electrons. The molecule has 0 bridgehead atoms. The van der Waals surface area contributed by atoms with Crippen molar-refractivity contribution in [2.24, 2.45) is 0 Å². The van der Waals surface area contributed by atoms with Gasteiger partial charge in [0, 0.05) is 23.9 Å². The molecule has 1 aliphatic carbocycles. The molecule has 25 heavy (non-hydrogen) atoms. The van der Waals surface area contributed by atoms with E-state index in [-0.39, 0.29) is 15.4 Å². The number of fused-ring (bicyclic) bond motifs is 1. The third-order valence-corrected chi connectivity index (χ3v) is 5.21. The highest BCUT2D eigenvalue weighted by atomic mass is 32.2. The second kappa shape index (κ2) is 5.76. The second-order valence-electron chi connectivity index (χ2n) is 5.46. The number of hydrogen-bond acceptors (Lipinski definition) is 4. The van der Waals surface area contributed by atoms with E-state index in [1.165, 1.54) is 13.0 Å². The zero-order valence-electron chi connectivity index (χ0n) is 12.8. The molecule has 2 heterocycles. The molecule has 0 aromatic carbocycles. The van der Waals surface area contributed by atoms with Gasteiger partial charge in [-0.2, -0.15) is 21.6 Å². The van der Waals surface area contributed by atoms with Crippen LogP contribution >= 0.6 is 0 Å². The number of rotatable bonds is 2. The summed E-state index contributed by atoms with van der Waals surface area (Å²) in [4.78, 5) is 12.2. The molecule has 0 spiro atoms. The number of furan rings is 1. The van der Waals surface area contributed by atoms with Crippen molar-refractivity contribution in [3.8, 4) is 11.3 Å². The number of alkyl halides is 3. The van der Waals surface area contributed by atoms with Gasteiger partial charge in [-0.25, -0.2) is 9.10 Å². The molecule has 1 unspecified atom stereocenters. The predicted octanol–water partition coefficient (Wildman–Crippen LogP) is 3.41. The number of halogens is 3. The van der Waals surface area contributed by atoms with Gasteiger partial charge in [0.25, 0.3) is 0 Å². The smallest absolute Gasteiger partial charge is 0.422 e. The first-order chi connectivity index (χ1) is 11.6. The number of sulfonamides is 1. The van der Waals surface area contributed by atoms with E-state index in [9.17, 15) is 26.4 Å². The fourth-order valence-electron chi connectivity index (χ4n) is 2.64. The summed E-state index contributed by atoms with van der Waals surface area (Å²) < 4.78 is 66.3. The minimum Gasteiger partial charge on any atom is -0.422 e. The molecule has 132 valence electrons. The van der Waals surface area contributed by atoms with Crippen LogP contribution in [-0.4, -0.2) is 18.2 Å². The van der Waals surface area contributed by atoms with Crippen LogP contribution in [0.25, 0.3) is 11.3 Å². The molecule has 0 saturated heterocycles. The fourth-order valence-corrected chi connectivity index (χ4v) is 3.42. The topological polar surface area (TPSA) is 67.6 Å². The van der Waals surface area contributed by atoms with Crippen molar-refractivity contribution in [3.05, 3.63) is 70.4 Å². The molecule has 3 rings (SSSR count). The van der Waals surface area contributed by atoms with E-state index >= 15 is 0 Å². The van der Waals surface area contributed by atoms with Gasteiger partial charge < -0.3 is 4.42 Å². The maximum Gasteiger partial charge on any atom is 0.517 e. The average molecular weight is 371 g/mol. The molecule has 0 aromatic rings. The Kier molecular flexibility index (Phi) is 3.98. The summed E-state index contributed by atoms with van der Waals surface area (Å²) >= 11 is 0. The van der Waals surface area contributed by atoms with E-state index in [2.05, 4.69) is 0 Å². The Labute approximate surface area is 141 Å². The third kappa shape index (κ3) is 2.84. The lowest BCUT2D eigenvalue weighted by Gasteiger charge is -2.25. The average Bonchev–Trinajstić information content (AvgIpc) is 2.68. The Bertz CT molecular complexity index is 1000. The largest absolute Gasteiger partial charge is 0.517 e. The molecule has 0 amide bonds. The highest BCUT2D eigenvalue weighted by Gasteiger charge is 2.49. The van der Waals surface area contributed by atoms with Gasteiger partial charge in [0.15, 0.2) is 0 Å². The van der Waals surface area contributed by atoms with E-state index in [1.807, 2.05) is 0 Å². The van der Waals surface area contributed by atoms with Crippen LogP contribution < -0.4 is 5.63 Å². The van der Waals surface area contributed by atoms with Crippen molar-refractivity contribution in [3.63, 3.8) is 0 Å². The molecule has 0 fully saturated rings. The minimum atomic E-state index is -5.52. The molecule has 0 aromatic heterocycles. The molecule has 0 N–H and O–H groups in total. The van der Waals surface area contributed by atoms with Gasteiger partial charge in [-0.15, -0.1) is 0 Å². The van der Waals surface area contributed by atoms with E-state index in [0.29, 0.717) is 11.3 Å². The summed E-state index contributed by atoms with van der Waals surface area (Å²) in [6.07, 6.45) is 2.88. The lowest BCUT2D eigenvalue weighted by molar-refractivity contribution is -0.0468. The predicted molar refractivity (Wildman–Crippen MR) is 84.1 cm³/mol. The maximum atomic E-state index is 12.7. The second-order valence-corrected chi connectivity index (χ2v) is 7.30. The van der Waals surface area contributed by atoms with Gasteiger partial charge in [-0.1, -0.05) is 30.3 Å². The summed E-state index contributed by atoms with van der Waals surface area (Å²) in [6, 6.07) is 8.39. The van der Waals surface area contributed by atoms with Crippen molar-refractivity contribution >= 4 is 10.0 Å². The monoisotopic (exact) mass is 371 g/mol. The fraction of sp³-hybridized carbons (Fsp3) is 0.188. The summed E-state index contributed by atoms with van der Waals surface area (Å²) in [5.74, 6) is -0.340. The number of allylic oxidation sites excluding steroid dienone is 2. The van der Waals surface area contributed by atoms with Gasteiger partial charge in [0.2, 0.25) is 0 Å². The molecular formula is C16H12F3NO4S. The van der Waals surface area contributed by atoms with Crippen LogP contribution in [0.2, 0.25) is 0 Å². The van der Waals surface area contributed by atoms with E-state index in [4.69, 9.17) is 4.42 Å². The Morgan fingerprint density at radius 1 is 1.16 bits per heavy atom. The standard InChI is InChI=1S/C16H12F3NO4S/c1-10-9-20(25(22,23)16(17,18)19)8-7-11(10)14-12-5-3-2-4-6-13(12)24-15(14)21/h2-9,11H,1H3. The Balaban J connectivity index is 2.05. The third-order valence-electron chi connectivity index (χ3n) is 3.84. The van der Waals surface area contributed by atoms with Gasteiger partial charge >= 0.3 is 21.2 Å². The lowest BCUT2D eigenvalue weighted by atomic mass is 9.89. The Hall–Kier alpha value is -2.55. The lowest BCUT2D eigenvalue weighted by Crippen LogP contribution is -2.35. The van der Waals surface area contributed by atoms with Crippen molar-refractivity contribution in [1.29, 1.82) is 0 Å². The van der Waals surface area contributed by atoms with Crippen molar-refractivity contribution < 1.29 is 26.0 Å². The van der Waals surface area contributed by atoms with E-state index < -0.39 is 27.1 Å². The van der Waals surface area contributed by atoms with Gasteiger partial charge in [0.05, 0.1) is 5.56 Å². The molecule has 5 nitrogen and oxygen atoms in total. The van der Waals surface area contributed by atoms with Crippen LogP contribution in [0.3, 0.4) is 0 Å². The van der Waals surface area contributed by atoms with Crippen LogP contribution in [-0.2, 0) is 10.0 Å². The van der Waals surface area contributed by atoms with Crippen LogP contribution in [0.4, 0.5) is 13.2 Å². The molecule has 3 aliphatic rings. The highest BCUT2D eigenvalue weighted by molar-refractivity contribution is 7.90. The normalized spacial score (nSPS) is 18.5. The molecular weight excluding hydrogens is 359 g/mol. The molecule has 9 heteroatoms. The molecule has 1 atom stereocenters. The van der Waals surface area contributed by atoms with Crippen LogP contribution in [0, 0.1) is 0 Å². The van der Waals surface area contributed by atoms with E-state index in [0.717, 1.165) is 12.4 Å². The number of hydrogen-bond donors (Lipinski definition) is 0. The van der Waals surface area contributed by atoms with E-state index in [1.54, 1.807) is 30.3 Å². The van der Waals surface area contributed by atoms with Gasteiger partial charge in [-0.05, 0) is 18.6 Å². The van der Waals surface area contributed by atoms with Crippen molar-refractivity contribution in [2.45, 2.75) is 18.3 Å². The minimum absolute atomic E-state index is 0.103. The Morgan fingerprint density at radius 3 is 2.48 bits per heavy atom. The van der Waals surface area contributed by atoms with Crippen LogP contribution in [0.15, 0.2) is 63.6 Å². The first kappa shape index (κ1) is 17.3. The highest BCUT2D eigenvalue weighted by Crippen LogP contribution is 2.37. The zero-order chi connectivity index (χ0) is 18.4. The van der Waals surface area contributed by atoms with Crippen LogP contribution in [0.5, 0.6) is 0 Å². The summed E-state index contributed by atoms with van der Waals surface area (Å²) in [5, 5.41) is 0. The maximum absolute atomic E-state index is 12.7. The van der Waals surface area contributed by atoms with Gasteiger partial charge in [0.1, 0.15) is 5.76 Å².